The van der Waals surface area contributed by atoms with E-state index in [9.17, 15) is 25.2 Å². The van der Waals surface area contributed by atoms with Crippen LogP contribution in [0.3, 0.4) is 0 Å². The van der Waals surface area contributed by atoms with Crippen LogP contribution >= 0.6 is 11.3 Å². The number of ketones is 1. The van der Waals surface area contributed by atoms with Crippen LogP contribution in [0.2, 0.25) is 0 Å². The molecule has 1 heterocycles. The quantitative estimate of drug-likeness (QED) is 0.177. The minimum absolute atomic E-state index is 0.00238. The SMILES string of the molecule is CC1=CCC[C@@]2(C)[C@@H](CC[C@@]2(O)CN(CCc2cccs2)C[C@H](O)CO)c2ccc(cc2C(=O)C2CCCCC2)C[C@@H](O)CC1. The summed E-state index contributed by atoms with van der Waals surface area (Å²) in [5.74, 6) is 0.286. The van der Waals surface area contributed by atoms with Crippen molar-refractivity contribution in [3.05, 3.63) is 68.9 Å². The molecule has 1 aromatic heterocycles. The van der Waals surface area contributed by atoms with Crippen molar-refractivity contribution >= 4 is 17.1 Å². The number of fused-ring (bicyclic) bond motifs is 8. The number of rotatable bonds is 10. The van der Waals surface area contributed by atoms with Gasteiger partial charge in [-0.25, -0.2) is 0 Å². The van der Waals surface area contributed by atoms with Gasteiger partial charge in [-0.3, -0.25) is 9.69 Å². The Morgan fingerprint density at radius 2 is 1.91 bits per heavy atom. The second kappa shape index (κ2) is 15.4. The lowest BCUT2D eigenvalue weighted by molar-refractivity contribution is -0.0890. The number of Topliss-reactive ketones (excluding diaryl/α,β-unsaturated/α-hetero) is 1. The van der Waals surface area contributed by atoms with Gasteiger partial charge in [0, 0.05) is 41.4 Å². The number of carbonyl (C=O) groups is 1. The molecule has 45 heavy (non-hydrogen) atoms. The zero-order chi connectivity index (χ0) is 32.0. The van der Waals surface area contributed by atoms with E-state index >= 15 is 0 Å². The third-order valence-electron chi connectivity index (χ3n) is 11.3. The first-order chi connectivity index (χ1) is 21.6. The Labute approximate surface area is 274 Å². The van der Waals surface area contributed by atoms with Gasteiger partial charge < -0.3 is 20.4 Å². The molecule has 6 nitrogen and oxygen atoms in total. The van der Waals surface area contributed by atoms with Crippen LogP contribution in [-0.4, -0.2) is 75.2 Å². The lowest BCUT2D eigenvalue weighted by atomic mass is 9.64. The Hall–Kier alpha value is -1.87. The number of allylic oxidation sites excluding steroid dienone is 2. The van der Waals surface area contributed by atoms with Crippen LogP contribution in [-0.2, 0) is 12.8 Å². The Morgan fingerprint density at radius 1 is 1.11 bits per heavy atom. The molecule has 4 aliphatic rings. The van der Waals surface area contributed by atoms with Gasteiger partial charge in [0.2, 0.25) is 0 Å². The number of thiophene rings is 1. The van der Waals surface area contributed by atoms with Gasteiger partial charge in [0.05, 0.1) is 24.4 Å². The molecule has 7 heteroatoms. The van der Waals surface area contributed by atoms with Crippen LogP contribution in [0, 0.1) is 11.3 Å². The number of nitrogens with zero attached hydrogens (tertiary/aromatic N) is 1. The van der Waals surface area contributed by atoms with Gasteiger partial charge in [-0.05, 0) is 106 Å². The number of hydrogen-bond donors (Lipinski definition) is 4. The highest BCUT2D eigenvalue weighted by Gasteiger charge is 2.57. The molecule has 6 rings (SSSR count). The summed E-state index contributed by atoms with van der Waals surface area (Å²) < 4.78 is 0. The summed E-state index contributed by atoms with van der Waals surface area (Å²) in [5.41, 5.74) is 2.58. The second-order valence-electron chi connectivity index (χ2n) is 14.5. The average Bonchev–Trinajstić information content (AvgIpc) is 3.64. The van der Waals surface area contributed by atoms with E-state index in [1.165, 1.54) is 16.9 Å². The third kappa shape index (κ3) is 8.17. The lowest BCUT2D eigenvalue weighted by Gasteiger charge is -2.46. The zero-order valence-electron chi connectivity index (χ0n) is 27.4. The van der Waals surface area contributed by atoms with Crippen molar-refractivity contribution in [2.45, 2.75) is 121 Å². The average molecular weight is 638 g/mol. The predicted molar refractivity (Wildman–Crippen MR) is 182 cm³/mol. The van der Waals surface area contributed by atoms with Crippen molar-refractivity contribution in [3.63, 3.8) is 0 Å². The summed E-state index contributed by atoms with van der Waals surface area (Å²) in [6, 6.07) is 10.5. The molecule has 4 N–H and O–H groups in total. The highest BCUT2D eigenvalue weighted by Crippen LogP contribution is 2.59. The predicted octanol–water partition coefficient (Wildman–Crippen LogP) is 6.45. The van der Waals surface area contributed by atoms with E-state index in [4.69, 9.17) is 0 Å². The van der Waals surface area contributed by atoms with Gasteiger partial charge in [-0.15, -0.1) is 11.3 Å². The minimum Gasteiger partial charge on any atom is -0.394 e. The fraction of sp³-hybridized carbons (Fsp3) is 0.658. The highest BCUT2D eigenvalue weighted by atomic mass is 32.1. The van der Waals surface area contributed by atoms with E-state index in [-0.39, 0.29) is 24.2 Å². The molecule has 248 valence electrons. The maximum atomic E-state index is 14.3. The van der Waals surface area contributed by atoms with Crippen LogP contribution in [0.4, 0.5) is 0 Å². The largest absolute Gasteiger partial charge is 0.394 e. The molecule has 0 unspecified atom stereocenters. The molecule has 2 aromatic rings. The van der Waals surface area contributed by atoms with Crippen molar-refractivity contribution in [1.82, 2.24) is 4.90 Å². The van der Waals surface area contributed by atoms with Gasteiger partial charge >= 0.3 is 0 Å². The van der Waals surface area contributed by atoms with Crippen molar-refractivity contribution in [2.24, 2.45) is 11.3 Å². The molecule has 0 amide bonds. The van der Waals surface area contributed by atoms with Gasteiger partial charge in [0.1, 0.15) is 0 Å². The first-order valence-corrected chi connectivity index (χ1v) is 18.3. The van der Waals surface area contributed by atoms with Crippen LogP contribution in [0.25, 0.3) is 0 Å². The molecule has 2 bridgehead atoms. The molecule has 0 saturated heterocycles. The first-order valence-electron chi connectivity index (χ1n) is 17.4. The van der Waals surface area contributed by atoms with E-state index in [2.05, 4.69) is 54.5 Å². The molecule has 4 aliphatic carbocycles. The van der Waals surface area contributed by atoms with Crippen LogP contribution in [0.1, 0.15) is 117 Å². The van der Waals surface area contributed by atoms with E-state index in [1.54, 1.807) is 11.3 Å². The third-order valence-corrected chi connectivity index (χ3v) is 12.3. The maximum absolute atomic E-state index is 14.3. The number of carbonyl (C=O) groups excluding carboxylic acids is 1. The molecular weight excluding hydrogens is 582 g/mol. The van der Waals surface area contributed by atoms with E-state index in [0.717, 1.165) is 74.5 Å². The Balaban J connectivity index is 1.52. The molecule has 0 spiro atoms. The fourth-order valence-corrected chi connectivity index (χ4v) is 9.18. The number of aliphatic hydroxyl groups is 4. The lowest BCUT2D eigenvalue weighted by Crippen LogP contribution is -2.54. The molecular formula is C38H55NO5S. The molecule has 2 saturated carbocycles. The summed E-state index contributed by atoms with van der Waals surface area (Å²) in [4.78, 5) is 17.7. The van der Waals surface area contributed by atoms with Gasteiger partial charge in [0.15, 0.2) is 5.78 Å². The summed E-state index contributed by atoms with van der Waals surface area (Å²) in [6.07, 6.45) is 12.1. The normalized spacial score (nSPS) is 28.9. The summed E-state index contributed by atoms with van der Waals surface area (Å²) in [6.45, 7) is 5.43. The zero-order valence-corrected chi connectivity index (χ0v) is 28.2. The first kappa shape index (κ1) is 34.5. The standard InChI is InChI=1S/C38H55NO5S/c1-27-8-6-18-37(2)35(16-19-38(37,44)26-39(24-31(42)25-40)20-17-32-11-7-21-45-32)33-15-13-28(22-30(41)14-12-27)23-34(33)36(43)29-9-4-3-5-10-29/h7-8,11,13,15,21,23,29-31,35,40-42,44H,3-6,9-10,12,14,16-20,22,24-26H2,1-2H3/t30-,31-,35-,37-,38+/m0/s1. The molecule has 5 atom stereocenters. The smallest absolute Gasteiger partial charge is 0.166 e. The summed E-state index contributed by atoms with van der Waals surface area (Å²) >= 11 is 1.71. The summed E-state index contributed by atoms with van der Waals surface area (Å²) in [5, 5.41) is 45.9. The number of aliphatic hydroxyl groups excluding tert-OH is 3. The van der Waals surface area contributed by atoms with Crippen LogP contribution in [0.5, 0.6) is 0 Å². The van der Waals surface area contributed by atoms with Crippen molar-refractivity contribution in [2.75, 3.05) is 26.2 Å². The van der Waals surface area contributed by atoms with Crippen molar-refractivity contribution in [1.29, 1.82) is 0 Å². The number of benzene rings is 1. The highest BCUT2D eigenvalue weighted by molar-refractivity contribution is 7.09. The molecule has 1 aromatic carbocycles. The second-order valence-corrected chi connectivity index (χ2v) is 15.6. The number of hydrogen-bond acceptors (Lipinski definition) is 7. The fourth-order valence-electron chi connectivity index (χ4n) is 8.48. The van der Waals surface area contributed by atoms with Crippen molar-refractivity contribution < 1.29 is 25.2 Å². The Kier molecular flexibility index (Phi) is 11.8. The van der Waals surface area contributed by atoms with Crippen LogP contribution in [0.15, 0.2) is 47.4 Å². The Bertz CT molecular complexity index is 1290. The van der Waals surface area contributed by atoms with E-state index in [1.807, 2.05) is 6.07 Å². The molecule has 0 radical (unpaired) electrons. The summed E-state index contributed by atoms with van der Waals surface area (Å²) in [7, 11) is 0. The van der Waals surface area contributed by atoms with Gasteiger partial charge in [0.25, 0.3) is 0 Å². The van der Waals surface area contributed by atoms with Gasteiger partial charge in [-0.1, -0.05) is 56.0 Å². The van der Waals surface area contributed by atoms with E-state index < -0.39 is 23.2 Å². The molecule has 2 fully saturated rings. The minimum atomic E-state index is -1.04. The maximum Gasteiger partial charge on any atom is 0.166 e. The molecule has 0 aliphatic heterocycles. The monoisotopic (exact) mass is 637 g/mol. The Morgan fingerprint density at radius 3 is 2.64 bits per heavy atom. The topological polar surface area (TPSA) is 101 Å². The van der Waals surface area contributed by atoms with Crippen molar-refractivity contribution in [3.8, 4) is 0 Å². The van der Waals surface area contributed by atoms with Gasteiger partial charge in [-0.2, -0.15) is 0 Å². The van der Waals surface area contributed by atoms with Crippen LogP contribution < -0.4 is 0 Å². The van der Waals surface area contributed by atoms with E-state index in [0.29, 0.717) is 38.9 Å².